The molecule has 2 aromatic rings. The van der Waals surface area contributed by atoms with Crippen molar-refractivity contribution in [2.24, 2.45) is 11.8 Å². The highest BCUT2D eigenvalue weighted by atomic mass is 32.2. The Hall–Kier alpha value is -3.19. The quantitative estimate of drug-likeness (QED) is 0.337. The Morgan fingerprint density at radius 1 is 0.636 bits per heavy atom. The van der Waals surface area contributed by atoms with Gasteiger partial charge in [0.05, 0.1) is 21.6 Å². The lowest BCUT2D eigenvalue weighted by molar-refractivity contribution is -0.140. The van der Waals surface area contributed by atoms with Crippen molar-refractivity contribution >= 4 is 21.8 Å². The molecule has 6 nitrogen and oxygen atoms in total. The molecule has 2 unspecified atom stereocenters. The maximum atomic E-state index is 13.0. The molecule has 4 rings (SSSR count). The van der Waals surface area contributed by atoms with Crippen LogP contribution in [-0.4, -0.2) is 20.4 Å². The minimum absolute atomic E-state index is 0.0848. The number of esters is 2. The monoisotopic (exact) mass is 466 g/mol. The summed E-state index contributed by atoms with van der Waals surface area (Å²) in [4.78, 5) is 24.7. The second-order valence-electron chi connectivity index (χ2n) is 8.25. The number of carbonyl (C=O) groups excluding carboxylic acids is 2. The van der Waals surface area contributed by atoms with Crippen LogP contribution in [0.15, 0.2) is 82.6 Å². The van der Waals surface area contributed by atoms with Gasteiger partial charge in [-0.3, -0.25) is 9.59 Å². The summed E-state index contributed by atoms with van der Waals surface area (Å²) in [6.07, 6.45) is 12.6. The zero-order valence-electron chi connectivity index (χ0n) is 18.2. The number of hydrogen-bond acceptors (Lipinski definition) is 6. The molecule has 0 spiro atoms. The summed E-state index contributed by atoms with van der Waals surface area (Å²) in [5, 5.41) is 0. The molecule has 0 aromatic heterocycles. The molecule has 0 saturated carbocycles. The first-order valence-electron chi connectivity index (χ1n) is 11.1. The third kappa shape index (κ3) is 5.60. The van der Waals surface area contributed by atoms with E-state index in [1.165, 1.54) is 48.5 Å². The SMILES string of the molecule is O=C(Oc1ccc(S(=O)(=O)c2ccc(OC(=O)C3CC=CCC3)cc2)cc1)C1CC=CCC1. The van der Waals surface area contributed by atoms with Crippen molar-refractivity contribution < 1.29 is 27.5 Å². The zero-order chi connectivity index (χ0) is 23.3. The highest BCUT2D eigenvalue weighted by Crippen LogP contribution is 2.27. The molecule has 0 aliphatic heterocycles. The lowest BCUT2D eigenvalue weighted by Crippen LogP contribution is -2.21. The standard InChI is InChI=1S/C26H26O6S/c27-25(19-7-3-1-4-8-19)31-21-11-15-23(16-12-21)33(29,30)24-17-13-22(14-18-24)32-26(28)20-9-5-2-6-10-20/h1-3,5,11-20H,4,6-10H2. The number of benzene rings is 2. The molecule has 7 heteroatoms. The van der Waals surface area contributed by atoms with E-state index < -0.39 is 9.84 Å². The van der Waals surface area contributed by atoms with Crippen LogP contribution in [0, 0.1) is 11.8 Å². The lowest BCUT2D eigenvalue weighted by atomic mass is 9.95. The van der Waals surface area contributed by atoms with Crippen molar-refractivity contribution in [2.75, 3.05) is 0 Å². The van der Waals surface area contributed by atoms with Gasteiger partial charge in [-0.2, -0.15) is 0 Å². The van der Waals surface area contributed by atoms with E-state index in [-0.39, 0.29) is 33.6 Å². The van der Waals surface area contributed by atoms with E-state index in [2.05, 4.69) is 0 Å². The number of ether oxygens (including phenoxy) is 2. The van der Waals surface area contributed by atoms with Gasteiger partial charge in [-0.1, -0.05) is 24.3 Å². The van der Waals surface area contributed by atoms with E-state index in [1.54, 1.807) is 0 Å². The molecule has 0 bridgehead atoms. The molecule has 2 aliphatic carbocycles. The van der Waals surface area contributed by atoms with Gasteiger partial charge in [-0.05, 0) is 87.1 Å². The van der Waals surface area contributed by atoms with Gasteiger partial charge < -0.3 is 9.47 Å². The molecule has 172 valence electrons. The van der Waals surface area contributed by atoms with Crippen LogP contribution in [0.4, 0.5) is 0 Å². The first-order chi connectivity index (χ1) is 15.9. The minimum atomic E-state index is -3.77. The largest absolute Gasteiger partial charge is 0.426 e. The number of allylic oxidation sites excluding steroid dienone is 4. The molecule has 0 amide bonds. The predicted molar refractivity (Wildman–Crippen MR) is 123 cm³/mol. The summed E-state index contributed by atoms with van der Waals surface area (Å²) < 4.78 is 36.7. The number of hydrogen-bond donors (Lipinski definition) is 0. The van der Waals surface area contributed by atoms with Gasteiger partial charge in [-0.25, -0.2) is 8.42 Å². The van der Waals surface area contributed by atoms with Crippen LogP contribution < -0.4 is 9.47 Å². The van der Waals surface area contributed by atoms with Crippen LogP contribution in [0.1, 0.15) is 38.5 Å². The molecule has 0 saturated heterocycles. The second-order valence-corrected chi connectivity index (χ2v) is 10.2. The fourth-order valence-corrected chi connectivity index (χ4v) is 5.19. The highest BCUT2D eigenvalue weighted by molar-refractivity contribution is 7.91. The first-order valence-corrected chi connectivity index (χ1v) is 12.6. The van der Waals surface area contributed by atoms with E-state index in [0.717, 1.165) is 25.7 Å². The second kappa shape index (κ2) is 10.2. The van der Waals surface area contributed by atoms with Crippen molar-refractivity contribution in [1.29, 1.82) is 0 Å². The Morgan fingerprint density at radius 2 is 1.03 bits per heavy atom. The van der Waals surface area contributed by atoms with Crippen molar-refractivity contribution in [1.82, 2.24) is 0 Å². The van der Waals surface area contributed by atoms with Gasteiger partial charge in [-0.15, -0.1) is 0 Å². The number of sulfone groups is 1. The van der Waals surface area contributed by atoms with Crippen molar-refractivity contribution in [2.45, 2.75) is 48.3 Å². The van der Waals surface area contributed by atoms with Gasteiger partial charge in [0.1, 0.15) is 11.5 Å². The fourth-order valence-electron chi connectivity index (χ4n) is 3.92. The summed E-state index contributed by atoms with van der Waals surface area (Å²) in [7, 11) is -3.77. The van der Waals surface area contributed by atoms with E-state index in [1.807, 2.05) is 24.3 Å². The average Bonchev–Trinajstić information content (AvgIpc) is 2.86. The highest BCUT2D eigenvalue weighted by Gasteiger charge is 2.23. The van der Waals surface area contributed by atoms with E-state index in [9.17, 15) is 18.0 Å². The Balaban J connectivity index is 1.40. The van der Waals surface area contributed by atoms with Crippen molar-refractivity contribution in [3.05, 3.63) is 72.8 Å². The third-order valence-corrected chi connectivity index (χ3v) is 7.70. The molecule has 0 radical (unpaired) electrons. The number of rotatable bonds is 6. The average molecular weight is 467 g/mol. The van der Waals surface area contributed by atoms with Gasteiger partial charge in [0.2, 0.25) is 9.84 Å². The molecule has 2 aromatic carbocycles. The molecule has 0 fully saturated rings. The van der Waals surface area contributed by atoms with E-state index in [0.29, 0.717) is 24.3 Å². The summed E-state index contributed by atoms with van der Waals surface area (Å²) in [6.45, 7) is 0. The van der Waals surface area contributed by atoms with Crippen LogP contribution in [0.25, 0.3) is 0 Å². The zero-order valence-corrected chi connectivity index (χ0v) is 19.0. The maximum Gasteiger partial charge on any atom is 0.314 e. The summed E-state index contributed by atoms with van der Waals surface area (Å²) in [5.74, 6) is -0.309. The Labute approximate surface area is 193 Å². The predicted octanol–water partition coefficient (Wildman–Crippen LogP) is 5.04. The van der Waals surface area contributed by atoms with Gasteiger partial charge in [0.15, 0.2) is 0 Å². The molecule has 2 atom stereocenters. The van der Waals surface area contributed by atoms with Crippen LogP contribution in [-0.2, 0) is 19.4 Å². The first kappa shape index (κ1) is 23.0. The van der Waals surface area contributed by atoms with Crippen LogP contribution in [0.2, 0.25) is 0 Å². The minimum Gasteiger partial charge on any atom is -0.426 e. The Morgan fingerprint density at radius 3 is 1.36 bits per heavy atom. The fraction of sp³-hybridized carbons (Fsp3) is 0.308. The smallest absolute Gasteiger partial charge is 0.314 e. The summed E-state index contributed by atoms with van der Waals surface area (Å²) in [5.41, 5.74) is 0. The van der Waals surface area contributed by atoms with Gasteiger partial charge in [0.25, 0.3) is 0 Å². The van der Waals surface area contributed by atoms with Crippen LogP contribution >= 0.6 is 0 Å². The maximum absolute atomic E-state index is 13.0. The Bertz CT molecular complexity index is 1070. The van der Waals surface area contributed by atoms with Crippen LogP contribution in [0.3, 0.4) is 0 Å². The molecule has 33 heavy (non-hydrogen) atoms. The molecule has 0 N–H and O–H groups in total. The lowest BCUT2D eigenvalue weighted by Gasteiger charge is -2.16. The van der Waals surface area contributed by atoms with Gasteiger partial charge >= 0.3 is 11.9 Å². The molecular formula is C26H26O6S. The van der Waals surface area contributed by atoms with Crippen molar-refractivity contribution in [3.8, 4) is 11.5 Å². The Kier molecular flexibility index (Phi) is 7.08. The molecule has 2 aliphatic rings. The number of carbonyl (C=O) groups is 2. The van der Waals surface area contributed by atoms with E-state index in [4.69, 9.17) is 9.47 Å². The van der Waals surface area contributed by atoms with Crippen LogP contribution in [0.5, 0.6) is 11.5 Å². The molecular weight excluding hydrogens is 440 g/mol. The normalized spacial score (nSPS) is 20.2. The summed E-state index contributed by atoms with van der Waals surface area (Å²) >= 11 is 0. The van der Waals surface area contributed by atoms with E-state index >= 15 is 0 Å². The summed E-state index contributed by atoms with van der Waals surface area (Å²) in [6, 6.07) is 11.6. The topological polar surface area (TPSA) is 86.7 Å². The van der Waals surface area contributed by atoms with Gasteiger partial charge in [0, 0.05) is 0 Å². The third-order valence-electron chi connectivity index (χ3n) is 5.91. The van der Waals surface area contributed by atoms with Crippen molar-refractivity contribution in [3.63, 3.8) is 0 Å². The molecule has 0 heterocycles.